The number of rotatable bonds is 3. The fraction of sp³-hybridized carbons (Fsp3) is 0.643. The number of thioether (sulfide) groups is 1. The van der Waals surface area contributed by atoms with Crippen LogP contribution >= 0.6 is 11.8 Å². The maximum absolute atomic E-state index is 10.1. The number of anilines is 1. The molecule has 3 nitrogen and oxygen atoms in total. The fourth-order valence-electron chi connectivity index (χ4n) is 2.47. The number of piperidine rings is 1. The first-order valence-corrected chi connectivity index (χ1v) is 7.70. The first kappa shape index (κ1) is 13.7. The summed E-state index contributed by atoms with van der Waals surface area (Å²) >= 11 is 1.66. The summed E-state index contributed by atoms with van der Waals surface area (Å²) in [5.41, 5.74) is 0.576. The zero-order valence-corrected chi connectivity index (χ0v) is 12.2. The highest BCUT2D eigenvalue weighted by Gasteiger charge is 2.31. The lowest BCUT2D eigenvalue weighted by atomic mass is 9.84. The van der Waals surface area contributed by atoms with E-state index >= 15 is 0 Å². The molecule has 1 aromatic rings. The van der Waals surface area contributed by atoms with Crippen molar-refractivity contribution in [2.75, 3.05) is 24.2 Å². The van der Waals surface area contributed by atoms with Crippen LogP contribution in [-0.4, -0.2) is 35.0 Å². The van der Waals surface area contributed by atoms with Gasteiger partial charge < -0.3 is 10.0 Å². The van der Waals surface area contributed by atoms with Gasteiger partial charge in [-0.25, -0.2) is 4.98 Å². The second-order valence-corrected chi connectivity index (χ2v) is 6.32. The largest absolute Gasteiger partial charge is 0.390 e. The van der Waals surface area contributed by atoms with Gasteiger partial charge in [-0.05, 0) is 45.1 Å². The quantitative estimate of drug-likeness (QED) is 0.854. The lowest BCUT2D eigenvalue weighted by Gasteiger charge is -2.39. The second kappa shape index (κ2) is 5.49. The standard InChI is InChI=1S/C14H22N2OS/c1-14(2,17)11-5-4-8-16(10-11)12-6-7-13(18-3)15-9-12/h6-7,9,11,17H,4-5,8,10H2,1-3H3/t11-/m0/s1. The van der Waals surface area contributed by atoms with Crippen molar-refractivity contribution in [1.29, 1.82) is 0 Å². The van der Waals surface area contributed by atoms with Crippen molar-refractivity contribution in [3.63, 3.8) is 0 Å². The minimum Gasteiger partial charge on any atom is -0.390 e. The normalized spacial score (nSPS) is 21.1. The molecule has 1 saturated heterocycles. The first-order chi connectivity index (χ1) is 8.50. The molecule has 1 aliphatic rings. The summed E-state index contributed by atoms with van der Waals surface area (Å²) in [5, 5.41) is 11.2. The van der Waals surface area contributed by atoms with Gasteiger partial charge in [-0.3, -0.25) is 0 Å². The van der Waals surface area contributed by atoms with E-state index in [2.05, 4.69) is 22.0 Å². The molecular formula is C14H22N2OS. The van der Waals surface area contributed by atoms with Gasteiger partial charge >= 0.3 is 0 Å². The van der Waals surface area contributed by atoms with Gasteiger partial charge in [-0.2, -0.15) is 0 Å². The highest BCUT2D eigenvalue weighted by molar-refractivity contribution is 7.98. The van der Waals surface area contributed by atoms with Crippen molar-refractivity contribution in [2.24, 2.45) is 5.92 Å². The third-order valence-corrected chi connectivity index (χ3v) is 4.38. The van der Waals surface area contributed by atoms with Crippen LogP contribution in [0.1, 0.15) is 26.7 Å². The van der Waals surface area contributed by atoms with Gasteiger partial charge in [0.15, 0.2) is 0 Å². The van der Waals surface area contributed by atoms with Gasteiger partial charge in [-0.15, -0.1) is 11.8 Å². The van der Waals surface area contributed by atoms with E-state index in [0.29, 0.717) is 5.92 Å². The van der Waals surface area contributed by atoms with Crippen LogP contribution in [-0.2, 0) is 0 Å². The Morgan fingerprint density at radius 2 is 2.22 bits per heavy atom. The van der Waals surface area contributed by atoms with E-state index in [1.165, 1.54) is 5.69 Å². The highest BCUT2D eigenvalue weighted by Crippen LogP contribution is 2.29. The Kier molecular flexibility index (Phi) is 4.17. The molecule has 1 N–H and O–H groups in total. The molecule has 1 atom stereocenters. The fourth-order valence-corrected chi connectivity index (χ4v) is 2.83. The minimum absolute atomic E-state index is 0.339. The SMILES string of the molecule is CSc1ccc(N2CCC[C@H](C(C)(C)O)C2)cn1. The molecule has 100 valence electrons. The minimum atomic E-state index is -0.592. The average Bonchev–Trinajstić information content (AvgIpc) is 2.38. The molecular weight excluding hydrogens is 244 g/mol. The van der Waals surface area contributed by atoms with Gasteiger partial charge in [0.2, 0.25) is 0 Å². The Labute approximate surface area is 114 Å². The Morgan fingerprint density at radius 1 is 1.44 bits per heavy atom. The van der Waals surface area contributed by atoms with Crippen LogP contribution in [0.2, 0.25) is 0 Å². The maximum atomic E-state index is 10.1. The summed E-state index contributed by atoms with van der Waals surface area (Å²) in [6.07, 6.45) is 6.22. The Hall–Kier alpha value is -0.740. The van der Waals surface area contributed by atoms with Crippen molar-refractivity contribution in [2.45, 2.75) is 37.3 Å². The van der Waals surface area contributed by atoms with E-state index < -0.39 is 5.60 Å². The van der Waals surface area contributed by atoms with Crippen molar-refractivity contribution < 1.29 is 5.11 Å². The molecule has 2 rings (SSSR count). The monoisotopic (exact) mass is 266 g/mol. The molecule has 2 heterocycles. The van der Waals surface area contributed by atoms with E-state index in [4.69, 9.17) is 0 Å². The van der Waals surface area contributed by atoms with Crippen LogP contribution in [0.25, 0.3) is 0 Å². The van der Waals surface area contributed by atoms with Crippen molar-refractivity contribution in [3.8, 4) is 0 Å². The van der Waals surface area contributed by atoms with E-state index in [-0.39, 0.29) is 0 Å². The third-order valence-electron chi connectivity index (χ3n) is 3.72. The molecule has 0 aromatic carbocycles. The lowest BCUT2D eigenvalue weighted by Crippen LogP contribution is -2.44. The van der Waals surface area contributed by atoms with Gasteiger partial charge in [0, 0.05) is 19.0 Å². The maximum Gasteiger partial charge on any atom is 0.0958 e. The van der Waals surface area contributed by atoms with Gasteiger partial charge in [0.25, 0.3) is 0 Å². The molecule has 4 heteroatoms. The van der Waals surface area contributed by atoms with Gasteiger partial charge in [0.05, 0.1) is 22.5 Å². The van der Waals surface area contributed by atoms with Crippen molar-refractivity contribution in [1.82, 2.24) is 4.98 Å². The molecule has 0 radical (unpaired) electrons. The molecule has 0 spiro atoms. The summed E-state index contributed by atoms with van der Waals surface area (Å²) in [6.45, 7) is 5.81. The molecule has 0 saturated carbocycles. The first-order valence-electron chi connectivity index (χ1n) is 6.48. The summed E-state index contributed by atoms with van der Waals surface area (Å²) in [7, 11) is 0. The molecule has 18 heavy (non-hydrogen) atoms. The van der Waals surface area contributed by atoms with Crippen LogP contribution in [0, 0.1) is 5.92 Å². The molecule has 0 amide bonds. The number of pyridine rings is 1. The number of aromatic nitrogens is 1. The summed E-state index contributed by atoms with van der Waals surface area (Å²) in [6, 6.07) is 4.19. The molecule has 0 bridgehead atoms. The van der Waals surface area contributed by atoms with E-state index in [1.54, 1.807) is 11.8 Å². The summed E-state index contributed by atoms with van der Waals surface area (Å²) < 4.78 is 0. The number of aliphatic hydroxyl groups is 1. The summed E-state index contributed by atoms with van der Waals surface area (Å²) in [5.74, 6) is 0.339. The van der Waals surface area contributed by atoms with Crippen molar-refractivity contribution in [3.05, 3.63) is 18.3 Å². The van der Waals surface area contributed by atoms with E-state index in [1.807, 2.05) is 26.3 Å². The summed E-state index contributed by atoms with van der Waals surface area (Å²) in [4.78, 5) is 6.75. The van der Waals surface area contributed by atoms with Crippen LogP contribution in [0.3, 0.4) is 0 Å². The van der Waals surface area contributed by atoms with E-state index in [9.17, 15) is 5.11 Å². The topological polar surface area (TPSA) is 36.4 Å². The average molecular weight is 266 g/mol. The van der Waals surface area contributed by atoms with Crippen molar-refractivity contribution >= 4 is 17.4 Å². The van der Waals surface area contributed by atoms with Crippen LogP contribution in [0.4, 0.5) is 5.69 Å². The molecule has 1 aromatic heterocycles. The zero-order chi connectivity index (χ0) is 13.2. The highest BCUT2D eigenvalue weighted by atomic mass is 32.2. The third kappa shape index (κ3) is 3.18. The smallest absolute Gasteiger partial charge is 0.0958 e. The predicted molar refractivity (Wildman–Crippen MR) is 77.3 cm³/mol. The zero-order valence-electron chi connectivity index (χ0n) is 11.4. The van der Waals surface area contributed by atoms with Crippen LogP contribution in [0.15, 0.2) is 23.4 Å². The molecule has 0 unspecified atom stereocenters. The number of nitrogens with zero attached hydrogens (tertiary/aromatic N) is 2. The Morgan fingerprint density at radius 3 is 2.78 bits per heavy atom. The van der Waals surface area contributed by atoms with Crippen LogP contribution in [0.5, 0.6) is 0 Å². The second-order valence-electron chi connectivity index (χ2n) is 5.50. The number of hydrogen-bond acceptors (Lipinski definition) is 4. The van der Waals surface area contributed by atoms with Gasteiger partial charge in [-0.1, -0.05) is 0 Å². The predicted octanol–water partition coefficient (Wildman–Crippen LogP) is 2.79. The Bertz CT molecular complexity index is 386. The molecule has 0 aliphatic carbocycles. The number of hydrogen-bond donors (Lipinski definition) is 1. The Balaban J connectivity index is 2.08. The molecule has 1 fully saturated rings. The lowest BCUT2D eigenvalue weighted by molar-refractivity contribution is 0.0110. The van der Waals surface area contributed by atoms with E-state index in [0.717, 1.165) is 31.0 Å². The van der Waals surface area contributed by atoms with Gasteiger partial charge in [0.1, 0.15) is 0 Å². The van der Waals surface area contributed by atoms with Crippen LogP contribution < -0.4 is 4.90 Å². The molecule has 1 aliphatic heterocycles.